The number of aryl methyl sites for hydroxylation is 2. The quantitative estimate of drug-likeness (QED) is 0.425. The van der Waals surface area contributed by atoms with Gasteiger partial charge in [0.25, 0.3) is 5.56 Å². The number of rotatable bonds is 7. The van der Waals surface area contributed by atoms with Crippen molar-refractivity contribution in [3.63, 3.8) is 0 Å². The minimum absolute atomic E-state index is 0.0598. The molecule has 0 fully saturated rings. The van der Waals surface area contributed by atoms with E-state index >= 15 is 0 Å². The number of fused-ring (bicyclic) bond motifs is 1. The van der Waals surface area contributed by atoms with Gasteiger partial charge in [0.1, 0.15) is 12.2 Å². The van der Waals surface area contributed by atoms with E-state index in [0.717, 1.165) is 16.1 Å². The topological polar surface area (TPSA) is 114 Å². The molecule has 2 aromatic heterocycles. The Hall–Kier alpha value is -3.33. The molecule has 16 heteroatoms. The van der Waals surface area contributed by atoms with Crippen LogP contribution in [0.2, 0.25) is 0 Å². The molecule has 2 aromatic rings. The van der Waals surface area contributed by atoms with Crippen molar-refractivity contribution >= 4 is 23.1 Å². The summed E-state index contributed by atoms with van der Waals surface area (Å²) in [5.41, 5.74) is -1.40. The Morgan fingerprint density at radius 2 is 1.58 bits per heavy atom. The average molecular weight is 488 g/mol. The molecule has 2 rings (SSSR count). The van der Waals surface area contributed by atoms with Crippen LogP contribution in [0.25, 0.3) is 11.2 Å². The monoisotopic (exact) mass is 488 g/mol. The van der Waals surface area contributed by atoms with Crippen molar-refractivity contribution < 1.29 is 45.4 Å². The minimum Gasteiger partial charge on any atom is -0.452 e. The number of imidazole rings is 1. The molecule has 0 aliphatic carbocycles. The van der Waals surface area contributed by atoms with Crippen LogP contribution in [0.1, 0.15) is 19.8 Å². The van der Waals surface area contributed by atoms with Crippen molar-refractivity contribution in [3.8, 4) is 0 Å². The van der Waals surface area contributed by atoms with Crippen molar-refractivity contribution in [3.05, 3.63) is 27.2 Å². The highest BCUT2D eigenvalue weighted by molar-refractivity contribution is 5.76. The molecule has 0 N–H and O–H groups in total. The van der Waals surface area contributed by atoms with Gasteiger partial charge < -0.3 is 14.0 Å². The molecule has 0 unspecified atom stereocenters. The van der Waals surface area contributed by atoms with E-state index in [2.05, 4.69) is 14.5 Å². The van der Waals surface area contributed by atoms with E-state index in [9.17, 15) is 45.5 Å². The normalized spacial score (nSPS) is 14.2. The van der Waals surface area contributed by atoms with E-state index in [0.29, 0.717) is 0 Å². The number of aromatic nitrogens is 4. The lowest BCUT2D eigenvalue weighted by atomic mass is 10.1. The highest BCUT2D eigenvalue weighted by Crippen LogP contribution is 2.23. The molecular formula is C17H18F6N4O6. The second-order valence-electron chi connectivity index (χ2n) is 7.02. The van der Waals surface area contributed by atoms with Gasteiger partial charge in [-0.25, -0.2) is 19.4 Å². The molecule has 0 bridgehead atoms. The van der Waals surface area contributed by atoms with Crippen LogP contribution in [-0.4, -0.2) is 55.2 Å². The number of nitrogens with zero attached hydrogens (tertiary/aromatic N) is 4. The van der Waals surface area contributed by atoms with E-state index < -0.39 is 54.2 Å². The predicted octanol–water partition coefficient (Wildman–Crippen LogP) is 1.18. The maximum atomic E-state index is 12.6. The summed E-state index contributed by atoms with van der Waals surface area (Å²) in [4.78, 5) is 51.2. The standard InChI is InChI=1S/C17H18F6N4O6/c1-8(32-13(29)16(18,19)20)9(33-14(30)17(21,22)23)5-4-6-27-12(28)10-11(24-7-25(10)2)26(3)15(27)31/h7-9H,4-6H2,1-3H3/t8-,9+/m1/s1. The van der Waals surface area contributed by atoms with Gasteiger partial charge in [0.15, 0.2) is 11.2 Å². The van der Waals surface area contributed by atoms with Gasteiger partial charge in [0.2, 0.25) is 0 Å². The third kappa shape index (κ3) is 5.73. The van der Waals surface area contributed by atoms with Gasteiger partial charge in [0.05, 0.1) is 6.33 Å². The highest BCUT2D eigenvalue weighted by atomic mass is 19.4. The molecule has 0 saturated heterocycles. The fourth-order valence-corrected chi connectivity index (χ4v) is 2.95. The lowest BCUT2D eigenvalue weighted by Crippen LogP contribution is -2.41. The zero-order valence-corrected chi connectivity index (χ0v) is 17.4. The maximum Gasteiger partial charge on any atom is 0.490 e. The number of hydrogen-bond donors (Lipinski definition) is 0. The van der Waals surface area contributed by atoms with Crippen LogP contribution in [0.15, 0.2) is 15.9 Å². The Morgan fingerprint density at radius 1 is 1.03 bits per heavy atom. The van der Waals surface area contributed by atoms with Gasteiger partial charge in [-0.2, -0.15) is 26.3 Å². The summed E-state index contributed by atoms with van der Waals surface area (Å²) in [5.74, 6) is -5.39. The fourth-order valence-electron chi connectivity index (χ4n) is 2.95. The summed E-state index contributed by atoms with van der Waals surface area (Å²) >= 11 is 0. The van der Waals surface area contributed by atoms with E-state index in [1.807, 2.05) is 0 Å². The lowest BCUT2D eigenvalue weighted by Gasteiger charge is -2.25. The summed E-state index contributed by atoms with van der Waals surface area (Å²) in [7, 11) is 2.83. The molecule has 33 heavy (non-hydrogen) atoms. The molecule has 0 amide bonds. The van der Waals surface area contributed by atoms with Crippen LogP contribution < -0.4 is 11.2 Å². The van der Waals surface area contributed by atoms with Crippen molar-refractivity contribution in [1.29, 1.82) is 0 Å². The first-order valence-electron chi connectivity index (χ1n) is 9.22. The highest BCUT2D eigenvalue weighted by Gasteiger charge is 2.45. The lowest BCUT2D eigenvalue weighted by molar-refractivity contribution is -0.220. The third-order valence-electron chi connectivity index (χ3n) is 4.61. The Morgan fingerprint density at radius 3 is 2.12 bits per heavy atom. The number of carbonyl (C=O) groups is 2. The largest absolute Gasteiger partial charge is 0.490 e. The molecule has 0 aromatic carbocycles. The first-order valence-corrected chi connectivity index (χ1v) is 9.22. The Labute approximate surface area is 180 Å². The van der Waals surface area contributed by atoms with Gasteiger partial charge >= 0.3 is 30.0 Å². The minimum atomic E-state index is -5.45. The van der Waals surface area contributed by atoms with Crippen LogP contribution in [0.3, 0.4) is 0 Å². The number of alkyl halides is 6. The van der Waals surface area contributed by atoms with Crippen LogP contribution in [0.5, 0.6) is 0 Å². The van der Waals surface area contributed by atoms with Gasteiger partial charge in [-0.3, -0.25) is 13.9 Å². The zero-order valence-electron chi connectivity index (χ0n) is 17.4. The molecule has 0 radical (unpaired) electrons. The predicted molar refractivity (Wildman–Crippen MR) is 97.0 cm³/mol. The summed E-state index contributed by atoms with van der Waals surface area (Å²) in [6, 6.07) is 0. The Balaban J connectivity index is 2.24. The Bertz CT molecular complexity index is 1160. The van der Waals surface area contributed by atoms with Crippen LogP contribution in [0.4, 0.5) is 26.3 Å². The van der Waals surface area contributed by atoms with E-state index in [1.165, 1.54) is 25.0 Å². The Kier molecular flexibility index (Phi) is 7.28. The molecular weight excluding hydrogens is 470 g/mol. The van der Waals surface area contributed by atoms with Crippen LogP contribution >= 0.6 is 0 Å². The van der Waals surface area contributed by atoms with E-state index in [-0.39, 0.29) is 24.1 Å². The first kappa shape index (κ1) is 25.9. The second kappa shape index (κ2) is 9.27. The number of esters is 2. The summed E-state index contributed by atoms with van der Waals surface area (Å²) in [6.45, 7) is 0.428. The molecule has 10 nitrogen and oxygen atoms in total. The molecule has 0 aliphatic heterocycles. The summed E-state index contributed by atoms with van der Waals surface area (Å²) in [5, 5.41) is 0. The summed E-state index contributed by atoms with van der Waals surface area (Å²) < 4.78 is 86.3. The number of halogens is 6. The van der Waals surface area contributed by atoms with Gasteiger partial charge in [-0.15, -0.1) is 0 Å². The van der Waals surface area contributed by atoms with Crippen LogP contribution in [-0.2, 0) is 39.7 Å². The molecule has 0 aliphatic rings. The molecule has 2 heterocycles. The first-order chi connectivity index (χ1) is 15.1. The van der Waals surface area contributed by atoms with Crippen molar-refractivity contribution in [1.82, 2.24) is 18.7 Å². The third-order valence-corrected chi connectivity index (χ3v) is 4.61. The fraction of sp³-hybridized carbons (Fsp3) is 0.588. The molecule has 0 spiro atoms. The van der Waals surface area contributed by atoms with Gasteiger partial charge in [0, 0.05) is 20.6 Å². The van der Waals surface area contributed by atoms with Gasteiger partial charge in [-0.1, -0.05) is 0 Å². The van der Waals surface area contributed by atoms with E-state index in [1.54, 1.807) is 0 Å². The number of hydrogen-bond acceptors (Lipinski definition) is 7. The second-order valence-corrected chi connectivity index (χ2v) is 7.02. The van der Waals surface area contributed by atoms with Crippen LogP contribution in [0, 0.1) is 0 Å². The molecule has 2 atom stereocenters. The van der Waals surface area contributed by atoms with Gasteiger partial charge in [-0.05, 0) is 19.8 Å². The maximum absolute atomic E-state index is 12.6. The number of carbonyl (C=O) groups excluding carboxylic acids is 2. The average Bonchev–Trinajstić information content (AvgIpc) is 3.08. The number of ether oxygens (including phenoxy) is 2. The zero-order chi connectivity index (χ0) is 25.3. The van der Waals surface area contributed by atoms with Crippen molar-refractivity contribution in [2.45, 2.75) is 50.9 Å². The SMILES string of the molecule is C[C@@H](OC(=O)C(F)(F)F)[C@H](CCCn1c(=O)c2c(ncn2C)n(C)c1=O)OC(=O)C(F)(F)F. The van der Waals surface area contributed by atoms with Crippen molar-refractivity contribution in [2.24, 2.45) is 14.1 Å². The van der Waals surface area contributed by atoms with E-state index in [4.69, 9.17) is 0 Å². The van der Waals surface area contributed by atoms with Crippen molar-refractivity contribution in [2.75, 3.05) is 0 Å². The molecule has 0 saturated carbocycles. The smallest absolute Gasteiger partial charge is 0.452 e. The molecule has 184 valence electrons. The summed E-state index contributed by atoms with van der Waals surface area (Å²) in [6.07, 6.45) is -14.3.